The third-order valence-electron chi connectivity index (χ3n) is 3.31. The maximum Gasteiger partial charge on any atom is 0.401 e. The van der Waals surface area contributed by atoms with Crippen molar-refractivity contribution in [2.75, 3.05) is 6.54 Å². The summed E-state index contributed by atoms with van der Waals surface area (Å²) in [6.45, 7) is -1.54. The molecule has 0 aliphatic heterocycles. The van der Waals surface area contributed by atoms with Gasteiger partial charge in [-0.15, -0.1) is 0 Å². The molecule has 0 aromatic carbocycles. The molecule has 0 saturated heterocycles. The summed E-state index contributed by atoms with van der Waals surface area (Å²) >= 11 is 0. The number of alkyl halides is 6. The van der Waals surface area contributed by atoms with E-state index in [1.807, 2.05) is 5.32 Å². The van der Waals surface area contributed by atoms with E-state index in [0.29, 0.717) is 0 Å². The van der Waals surface area contributed by atoms with Crippen molar-refractivity contribution >= 4 is 5.91 Å². The Kier molecular flexibility index (Phi) is 4.38. The van der Waals surface area contributed by atoms with Crippen molar-refractivity contribution in [1.29, 1.82) is 0 Å². The predicted molar refractivity (Wildman–Crippen MR) is 54.0 cm³/mol. The van der Waals surface area contributed by atoms with Crippen LogP contribution in [0.5, 0.6) is 0 Å². The Bertz CT molecular complexity index is 340. The fourth-order valence-electron chi connectivity index (χ4n) is 2.30. The van der Waals surface area contributed by atoms with E-state index in [1.165, 1.54) is 0 Å². The lowest BCUT2D eigenvalue weighted by Crippen LogP contribution is -2.60. The van der Waals surface area contributed by atoms with Crippen molar-refractivity contribution in [2.24, 2.45) is 11.7 Å². The van der Waals surface area contributed by atoms with E-state index >= 15 is 0 Å². The van der Waals surface area contributed by atoms with Crippen LogP contribution in [0.15, 0.2) is 0 Å². The zero-order valence-corrected chi connectivity index (χ0v) is 9.87. The summed E-state index contributed by atoms with van der Waals surface area (Å²) in [7, 11) is 0. The lowest BCUT2D eigenvalue weighted by atomic mass is 9.74. The van der Waals surface area contributed by atoms with Crippen molar-refractivity contribution in [3.63, 3.8) is 0 Å². The Morgan fingerprint density at radius 2 is 1.84 bits per heavy atom. The molecular formula is C10H14F6N2O. The first-order chi connectivity index (χ1) is 8.46. The zero-order chi connectivity index (χ0) is 14.9. The summed E-state index contributed by atoms with van der Waals surface area (Å²) in [6.07, 6.45) is -10.2. The highest BCUT2D eigenvalue weighted by Crippen LogP contribution is 2.41. The van der Waals surface area contributed by atoms with Gasteiger partial charge in [-0.05, 0) is 19.3 Å². The van der Waals surface area contributed by atoms with Gasteiger partial charge in [0.15, 0.2) is 0 Å². The number of amides is 1. The Hall–Kier alpha value is -0.990. The van der Waals surface area contributed by atoms with Gasteiger partial charge in [0.25, 0.3) is 0 Å². The van der Waals surface area contributed by atoms with Crippen LogP contribution in [0, 0.1) is 5.92 Å². The molecule has 1 saturated carbocycles. The van der Waals surface area contributed by atoms with Crippen LogP contribution >= 0.6 is 0 Å². The molecule has 9 heteroatoms. The first-order valence-electron chi connectivity index (χ1n) is 5.65. The summed E-state index contributed by atoms with van der Waals surface area (Å²) in [5.74, 6) is -2.99. The summed E-state index contributed by atoms with van der Waals surface area (Å²) in [5.41, 5.74) is 3.06. The number of carbonyl (C=O) groups excluding carboxylic acids is 1. The molecule has 3 N–H and O–H groups in total. The number of hydrogen-bond acceptors (Lipinski definition) is 2. The van der Waals surface area contributed by atoms with Crippen molar-refractivity contribution in [3.05, 3.63) is 0 Å². The second kappa shape index (κ2) is 5.18. The van der Waals surface area contributed by atoms with Crippen LogP contribution in [0.4, 0.5) is 26.3 Å². The number of primary amides is 1. The van der Waals surface area contributed by atoms with Crippen molar-refractivity contribution in [3.8, 4) is 0 Å². The highest BCUT2D eigenvalue weighted by Gasteiger charge is 2.51. The number of carbonyl (C=O) groups is 1. The summed E-state index contributed by atoms with van der Waals surface area (Å²) in [5, 5.41) is 1.88. The van der Waals surface area contributed by atoms with E-state index in [-0.39, 0.29) is 19.3 Å². The van der Waals surface area contributed by atoms with Crippen molar-refractivity contribution in [2.45, 2.75) is 43.6 Å². The van der Waals surface area contributed by atoms with Gasteiger partial charge in [0.2, 0.25) is 5.91 Å². The average molecular weight is 292 g/mol. The van der Waals surface area contributed by atoms with E-state index in [1.54, 1.807) is 0 Å². The smallest absolute Gasteiger partial charge is 0.368 e. The highest BCUT2D eigenvalue weighted by atomic mass is 19.4. The second-order valence-electron chi connectivity index (χ2n) is 4.75. The third kappa shape index (κ3) is 4.26. The molecular weight excluding hydrogens is 278 g/mol. The molecule has 1 fully saturated rings. The van der Waals surface area contributed by atoms with Gasteiger partial charge >= 0.3 is 12.4 Å². The summed E-state index contributed by atoms with van der Waals surface area (Å²) in [4.78, 5) is 11.3. The standard InChI is InChI=1S/C10H14F6N2O/c11-9(12,13)5-18-8(7(17)19)3-1-2-6(4-8)10(14,15)16/h6,18H,1-5H2,(H2,17,19). The minimum Gasteiger partial charge on any atom is -0.368 e. The number of hydrogen-bond donors (Lipinski definition) is 2. The van der Waals surface area contributed by atoms with Gasteiger partial charge in [0.05, 0.1) is 18.0 Å². The van der Waals surface area contributed by atoms with Gasteiger partial charge < -0.3 is 5.73 Å². The molecule has 19 heavy (non-hydrogen) atoms. The van der Waals surface area contributed by atoms with Gasteiger partial charge in [-0.3, -0.25) is 10.1 Å². The van der Waals surface area contributed by atoms with Crippen LogP contribution in [-0.2, 0) is 4.79 Å². The number of halogens is 6. The Labute approximate surface area is 105 Å². The van der Waals surface area contributed by atoms with Gasteiger partial charge in [-0.25, -0.2) is 0 Å². The van der Waals surface area contributed by atoms with E-state index in [9.17, 15) is 31.1 Å². The highest BCUT2D eigenvalue weighted by molar-refractivity contribution is 5.84. The largest absolute Gasteiger partial charge is 0.401 e. The van der Waals surface area contributed by atoms with Crippen LogP contribution in [0.1, 0.15) is 25.7 Å². The Morgan fingerprint density at radius 1 is 1.26 bits per heavy atom. The summed E-state index contributed by atoms with van der Waals surface area (Å²) < 4.78 is 74.3. The molecule has 0 radical (unpaired) electrons. The van der Waals surface area contributed by atoms with E-state index in [0.717, 1.165) is 0 Å². The van der Waals surface area contributed by atoms with E-state index in [2.05, 4.69) is 0 Å². The molecule has 0 aromatic rings. The van der Waals surface area contributed by atoms with Crippen LogP contribution in [-0.4, -0.2) is 30.3 Å². The topological polar surface area (TPSA) is 55.1 Å². The average Bonchev–Trinajstić information content (AvgIpc) is 2.24. The Balaban J connectivity index is 2.84. The molecule has 0 aromatic heterocycles. The molecule has 1 aliphatic carbocycles. The zero-order valence-electron chi connectivity index (χ0n) is 9.87. The van der Waals surface area contributed by atoms with Crippen LogP contribution < -0.4 is 11.1 Å². The number of rotatable bonds is 3. The van der Waals surface area contributed by atoms with Crippen molar-refractivity contribution < 1.29 is 31.1 Å². The van der Waals surface area contributed by atoms with Crippen LogP contribution in [0.3, 0.4) is 0 Å². The molecule has 0 heterocycles. The minimum absolute atomic E-state index is 0.00201. The third-order valence-corrected chi connectivity index (χ3v) is 3.31. The quantitative estimate of drug-likeness (QED) is 0.783. The molecule has 1 rings (SSSR count). The van der Waals surface area contributed by atoms with Crippen LogP contribution in [0.2, 0.25) is 0 Å². The first kappa shape index (κ1) is 16.1. The lowest BCUT2D eigenvalue weighted by molar-refractivity contribution is -0.190. The summed E-state index contributed by atoms with van der Waals surface area (Å²) in [6, 6.07) is 0. The normalized spacial score (nSPS) is 29.3. The van der Waals surface area contributed by atoms with Crippen LogP contribution in [0.25, 0.3) is 0 Å². The maximum absolute atomic E-state index is 12.6. The number of nitrogens with one attached hydrogen (secondary N) is 1. The van der Waals surface area contributed by atoms with E-state index < -0.39 is 42.7 Å². The fourth-order valence-corrected chi connectivity index (χ4v) is 2.30. The van der Waals surface area contributed by atoms with Crippen molar-refractivity contribution in [1.82, 2.24) is 5.32 Å². The monoisotopic (exact) mass is 292 g/mol. The number of nitrogens with two attached hydrogens (primary N) is 1. The molecule has 1 aliphatic rings. The van der Waals surface area contributed by atoms with Gasteiger partial charge in [0.1, 0.15) is 0 Å². The molecule has 1 amide bonds. The molecule has 2 unspecified atom stereocenters. The predicted octanol–water partition coefficient (Wildman–Crippen LogP) is 2.11. The molecule has 2 atom stereocenters. The molecule has 112 valence electrons. The maximum atomic E-state index is 12.6. The SMILES string of the molecule is NC(=O)C1(NCC(F)(F)F)CCCC(C(F)(F)F)C1. The minimum atomic E-state index is -4.62. The Morgan fingerprint density at radius 3 is 2.26 bits per heavy atom. The van der Waals surface area contributed by atoms with E-state index in [4.69, 9.17) is 5.73 Å². The lowest BCUT2D eigenvalue weighted by Gasteiger charge is -2.40. The second-order valence-corrected chi connectivity index (χ2v) is 4.75. The van der Waals surface area contributed by atoms with Gasteiger partial charge in [-0.2, -0.15) is 26.3 Å². The van der Waals surface area contributed by atoms with Gasteiger partial charge in [-0.1, -0.05) is 6.42 Å². The molecule has 0 spiro atoms. The molecule has 0 bridgehead atoms. The van der Waals surface area contributed by atoms with Gasteiger partial charge in [0, 0.05) is 0 Å². The fraction of sp³-hybridized carbons (Fsp3) is 0.900. The first-order valence-corrected chi connectivity index (χ1v) is 5.65. The molecule has 3 nitrogen and oxygen atoms in total.